The predicted octanol–water partition coefficient (Wildman–Crippen LogP) is 1.14. The second kappa shape index (κ2) is 4.16. The van der Waals surface area contributed by atoms with Crippen LogP contribution < -0.4 is 9.88 Å². The van der Waals surface area contributed by atoms with Gasteiger partial charge >= 0.3 is 0 Å². The normalized spacial score (nSPS) is 11.4. The van der Waals surface area contributed by atoms with E-state index in [1.807, 2.05) is 0 Å². The second-order valence-corrected chi connectivity index (χ2v) is 4.81. The van der Waals surface area contributed by atoms with Gasteiger partial charge in [-0.05, 0) is 18.2 Å². The molecule has 0 spiro atoms. The molecule has 1 rings (SSSR count). The monoisotopic (exact) mass is 235 g/mol. The zero-order valence-corrected chi connectivity index (χ0v) is 9.10. The quantitative estimate of drug-likeness (QED) is 0.854. The summed E-state index contributed by atoms with van der Waals surface area (Å²) < 4.78 is 26.7. The van der Waals surface area contributed by atoms with Crippen molar-refractivity contribution in [3.63, 3.8) is 0 Å². The Morgan fingerprint density at radius 3 is 2.64 bits per heavy atom. The molecule has 0 heterocycles. The van der Waals surface area contributed by atoms with Gasteiger partial charge in [0.25, 0.3) is 0 Å². The molecular weight excluding hydrogens is 226 g/mol. The predicted molar refractivity (Wildman–Crippen MR) is 54.8 cm³/mol. The van der Waals surface area contributed by atoms with Gasteiger partial charge in [-0.25, -0.2) is 13.6 Å². The summed E-state index contributed by atoms with van der Waals surface area (Å²) in [5, 5.41) is 5.36. The number of hydrogen-bond acceptors (Lipinski definition) is 3. The van der Waals surface area contributed by atoms with Crippen LogP contribution in [0.5, 0.6) is 5.75 Å². The minimum atomic E-state index is -3.57. The van der Waals surface area contributed by atoms with Crippen molar-refractivity contribution in [2.24, 2.45) is 5.14 Å². The molecule has 14 heavy (non-hydrogen) atoms. The Labute approximate surface area is 87.7 Å². The van der Waals surface area contributed by atoms with E-state index in [2.05, 4.69) is 0 Å². The van der Waals surface area contributed by atoms with Crippen LogP contribution in [0.25, 0.3) is 0 Å². The van der Waals surface area contributed by atoms with E-state index in [0.29, 0.717) is 16.3 Å². The lowest BCUT2D eigenvalue weighted by atomic mass is 10.2. The van der Waals surface area contributed by atoms with Crippen molar-refractivity contribution in [3.05, 3.63) is 28.8 Å². The zero-order valence-electron chi connectivity index (χ0n) is 7.53. The first-order valence-corrected chi connectivity index (χ1v) is 5.84. The van der Waals surface area contributed by atoms with Gasteiger partial charge in [0.05, 0.1) is 12.9 Å². The van der Waals surface area contributed by atoms with E-state index in [9.17, 15) is 8.42 Å². The van der Waals surface area contributed by atoms with Crippen molar-refractivity contribution in [2.45, 2.75) is 5.75 Å². The molecule has 0 aromatic heterocycles. The van der Waals surface area contributed by atoms with Crippen molar-refractivity contribution in [2.75, 3.05) is 7.11 Å². The molecule has 2 N–H and O–H groups in total. The molecule has 0 bridgehead atoms. The lowest BCUT2D eigenvalue weighted by molar-refractivity contribution is 0.411. The summed E-state index contributed by atoms with van der Waals surface area (Å²) in [6.45, 7) is 0. The van der Waals surface area contributed by atoms with Crippen molar-refractivity contribution in [1.82, 2.24) is 0 Å². The molecule has 0 unspecified atom stereocenters. The van der Waals surface area contributed by atoms with Crippen LogP contribution >= 0.6 is 11.6 Å². The lowest BCUT2D eigenvalue weighted by Crippen LogP contribution is -2.15. The molecular formula is C8H10ClNO3S. The second-order valence-electron chi connectivity index (χ2n) is 2.76. The Hall–Kier alpha value is -0.780. The fraction of sp³-hybridized carbons (Fsp3) is 0.250. The fourth-order valence-corrected chi connectivity index (χ4v) is 1.93. The highest BCUT2D eigenvalue weighted by Gasteiger charge is 2.10. The van der Waals surface area contributed by atoms with Gasteiger partial charge in [-0.2, -0.15) is 0 Å². The van der Waals surface area contributed by atoms with E-state index < -0.39 is 10.0 Å². The average molecular weight is 236 g/mol. The van der Waals surface area contributed by atoms with Crippen molar-refractivity contribution in [1.29, 1.82) is 0 Å². The number of halogens is 1. The van der Waals surface area contributed by atoms with Gasteiger partial charge in [0, 0.05) is 10.6 Å². The van der Waals surface area contributed by atoms with Crippen molar-refractivity contribution < 1.29 is 13.2 Å². The molecule has 4 nitrogen and oxygen atoms in total. The number of benzene rings is 1. The van der Waals surface area contributed by atoms with Crippen LogP contribution in [0.4, 0.5) is 0 Å². The van der Waals surface area contributed by atoms with Crippen LogP contribution in [0.1, 0.15) is 5.56 Å². The summed E-state index contributed by atoms with van der Waals surface area (Å²) in [4.78, 5) is 0. The van der Waals surface area contributed by atoms with Gasteiger partial charge in [-0.1, -0.05) is 11.6 Å². The first-order valence-electron chi connectivity index (χ1n) is 3.75. The van der Waals surface area contributed by atoms with E-state index in [0.717, 1.165) is 0 Å². The molecule has 0 amide bonds. The molecule has 0 fully saturated rings. The Balaban J connectivity index is 3.11. The SMILES string of the molecule is COc1ccc(Cl)cc1CS(N)(=O)=O. The van der Waals surface area contributed by atoms with Crippen LogP contribution in [0.3, 0.4) is 0 Å². The summed E-state index contributed by atoms with van der Waals surface area (Å²) >= 11 is 5.71. The molecule has 1 aromatic rings. The standard InChI is InChI=1S/C8H10ClNO3S/c1-13-8-3-2-7(9)4-6(8)5-14(10,11)12/h2-4H,5H2,1H3,(H2,10,11,12). The third-order valence-corrected chi connectivity index (χ3v) is 2.55. The van der Waals surface area contributed by atoms with E-state index >= 15 is 0 Å². The van der Waals surface area contributed by atoms with Crippen molar-refractivity contribution in [3.8, 4) is 5.75 Å². The molecule has 0 saturated carbocycles. The number of primary sulfonamides is 1. The third kappa shape index (κ3) is 3.17. The summed E-state index contributed by atoms with van der Waals surface area (Å²) in [6, 6.07) is 4.74. The number of nitrogens with two attached hydrogens (primary N) is 1. The van der Waals surface area contributed by atoms with E-state index in [1.54, 1.807) is 12.1 Å². The van der Waals surface area contributed by atoms with E-state index in [1.165, 1.54) is 13.2 Å². The van der Waals surface area contributed by atoms with Gasteiger partial charge < -0.3 is 4.74 Å². The number of ether oxygens (including phenoxy) is 1. The molecule has 1 aromatic carbocycles. The molecule has 0 atom stereocenters. The Morgan fingerprint density at radius 2 is 2.14 bits per heavy atom. The van der Waals surface area contributed by atoms with Crippen LogP contribution in [0.2, 0.25) is 5.02 Å². The third-order valence-electron chi connectivity index (χ3n) is 1.60. The van der Waals surface area contributed by atoms with Crippen molar-refractivity contribution >= 4 is 21.6 Å². The fourth-order valence-electron chi connectivity index (χ4n) is 1.08. The average Bonchev–Trinajstić information content (AvgIpc) is 2.01. The molecule has 0 aliphatic carbocycles. The summed E-state index contributed by atoms with van der Waals surface area (Å²) in [6.07, 6.45) is 0. The van der Waals surface area contributed by atoms with Gasteiger partial charge in [0.15, 0.2) is 0 Å². The smallest absolute Gasteiger partial charge is 0.213 e. The topological polar surface area (TPSA) is 69.4 Å². The minimum Gasteiger partial charge on any atom is -0.496 e. The van der Waals surface area contributed by atoms with Gasteiger partial charge in [0.1, 0.15) is 5.75 Å². The molecule has 0 aliphatic rings. The maximum Gasteiger partial charge on any atom is 0.213 e. The number of sulfonamides is 1. The van der Waals surface area contributed by atoms with Gasteiger partial charge in [-0.15, -0.1) is 0 Å². The highest BCUT2D eigenvalue weighted by Crippen LogP contribution is 2.23. The summed E-state index contributed by atoms with van der Waals surface area (Å²) in [7, 11) is -2.11. The zero-order chi connectivity index (χ0) is 10.8. The van der Waals surface area contributed by atoms with E-state index in [4.69, 9.17) is 21.5 Å². The molecule has 0 aliphatic heterocycles. The van der Waals surface area contributed by atoms with Crippen LogP contribution in [0.15, 0.2) is 18.2 Å². The first-order chi connectivity index (χ1) is 6.42. The van der Waals surface area contributed by atoms with E-state index in [-0.39, 0.29) is 5.75 Å². The largest absolute Gasteiger partial charge is 0.496 e. The summed E-state index contributed by atoms with van der Waals surface area (Å²) in [5.74, 6) is 0.180. The van der Waals surface area contributed by atoms with Crippen LogP contribution in [0, 0.1) is 0 Å². The highest BCUT2D eigenvalue weighted by atomic mass is 35.5. The van der Waals surface area contributed by atoms with Crippen LogP contribution in [-0.4, -0.2) is 15.5 Å². The number of hydrogen-bond donors (Lipinski definition) is 1. The highest BCUT2D eigenvalue weighted by molar-refractivity contribution is 7.88. The number of rotatable bonds is 3. The minimum absolute atomic E-state index is 0.281. The Kier molecular flexibility index (Phi) is 3.36. The number of methoxy groups -OCH3 is 1. The molecule has 78 valence electrons. The maximum atomic E-state index is 10.9. The Morgan fingerprint density at radius 1 is 1.50 bits per heavy atom. The maximum absolute atomic E-state index is 10.9. The molecule has 6 heteroatoms. The molecule has 0 saturated heterocycles. The van der Waals surface area contributed by atoms with Crippen LogP contribution in [-0.2, 0) is 15.8 Å². The lowest BCUT2D eigenvalue weighted by Gasteiger charge is -2.07. The summed E-state index contributed by atoms with van der Waals surface area (Å²) in [5.41, 5.74) is 0.461. The Bertz CT molecular complexity index is 430. The van der Waals surface area contributed by atoms with Gasteiger partial charge in [0.2, 0.25) is 10.0 Å². The first kappa shape index (κ1) is 11.3. The molecule has 0 radical (unpaired) electrons. The van der Waals surface area contributed by atoms with Gasteiger partial charge in [-0.3, -0.25) is 0 Å².